The SMILES string of the molecule is Cc1ccn2c(NC(=O)[C@@H]3C[C@H]3c3ccccc3)c(-c3ccccc3C)nc2c1. The molecule has 4 aromatic rings. The van der Waals surface area contributed by atoms with Crippen molar-refractivity contribution in [1.29, 1.82) is 0 Å². The van der Waals surface area contributed by atoms with Gasteiger partial charge in [0.15, 0.2) is 0 Å². The zero-order valence-electron chi connectivity index (χ0n) is 16.6. The van der Waals surface area contributed by atoms with E-state index in [1.807, 2.05) is 53.1 Å². The molecule has 0 spiro atoms. The number of hydrogen-bond acceptors (Lipinski definition) is 2. The average Bonchev–Trinajstić information content (AvgIpc) is 3.47. The van der Waals surface area contributed by atoms with E-state index in [9.17, 15) is 4.79 Å². The summed E-state index contributed by atoms with van der Waals surface area (Å²) < 4.78 is 1.98. The summed E-state index contributed by atoms with van der Waals surface area (Å²) in [7, 11) is 0. The molecule has 1 aliphatic carbocycles. The molecule has 0 aliphatic heterocycles. The van der Waals surface area contributed by atoms with Crippen LogP contribution in [0.3, 0.4) is 0 Å². The van der Waals surface area contributed by atoms with Crippen LogP contribution in [0.2, 0.25) is 0 Å². The molecule has 1 fully saturated rings. The van der Waals surface area contributed by atoms with Crippen molar-refractivity contribution in [1.82, 2.24) is 9.38 Å². The summed E-state index contributed by atoms with van der Waals surface area (Å²) >= 11 is 0. The third-order valence-corrected chi connectivity index (χ3v) is 5.78. The van der Waals surface area contributed by atoms with Crippen molar-refractivity contribution in [2.45, 2.75) is 26.2 Å². The highest BCUT2D eigenvalue weighted by molar-refractivity contribution is 5.98. The number of carbonyl (C=O) groups excluding carboxylic acids is 1. The summed E-state index contributed by atoms with van der Waals surface area (Å²) in [6, 6.07) is 22.5. The van der Waals surface area contributed by atoms with E-state index in [4.69, 9.17) is 4.98 Å². The standard InChI is InChI=1S/C25H23N3O/c1-16-12-13-28-22(14-16)26-23(19-11-7-6-8-17(19)2)24(28)27-25(29)21-15-20(21)18-9-4-3-5-10-18/h3-14,20-21H,15H2,1-2H3,(H,27,29)/t20-,21+/m0/s1. The lowest BCUT2D eigenvalue weighted by Gasteiger charge is -2.09. The molecule has 0 bridgehead atoms. The summed E-state index contributed by atoms with van der Waals surface area (Å²) in [6.45, 7) is 4.12. The fourth-order valence-electron chi connectivity index (χ4n) is 4.06. The number of hydrogen-bond donors (Lipinski definition) is 1. The Morgan fingerprint density at radius 1 is 1.03 bits per heavy atom. The van der Waals surface area contributed by atoms with Crippen LogP contribution < -0.4 is 5.32 Å². The summed E-state index contributed by atoms with van der Waals surface area (Å²) in [5.74, 6) is 1.13. The third-order valence-electron chi connectivity index (χ3n) is 5.78. The number of pyridine rings is 1. The molecule has 144 valence electrons. The predicted octanol–water partition coefficient (Wildman–Crippen LogP) is 5.36. The van der Waals surface area contributed by atoms with Gasteiger partial charge in [-0.25, -0.2) is 4.98 Å². The first-order chi connectivity index (χ1) is 14.1. The van der Waals surface area contributed by atoms with Crippen LogP contribution in [0, 0.1) is 19.8 Å². The van der Waals surface area contributed by atoms with E-state index in [0.29, 0.717) is 5.92 Å². The monoisotopic (exact) mass is 381 g/mol. The van der Waals surface area contributed by atoms with Gasteiger partial charge in [0, 0.05) is 17.7 Å². The van der Waals surface area contributed by atoms with Gasteiger partial charge in [0.2, 0.25) is 5.91 Å². The lowest BCUT2D eigenvalue weighted by Crippen LogP contribution is -2.16. The minimum absolute atomic E-state index is 0.0121. The van der Waals surface area contributed by atoms with Gasteiger partial charge in [-0.3, -0.25) is 9.20 Å². The van der Waals surface area contributed by atoms with Crippen molar-refractivity contribution in [3.63, 3.8) is 0 Å². The summed E-state index contributed by atoms with van der Waals surface area (Å²) in [5.41, 5.74) is 6.22. The highest BCUT2D eigenvalue weighted by atomic mass is 16.2. The van der Waals surface area contributed by atoms with Gasteiger partial charge >= 0.3 is 0 Å². The molecule has 2 aromatic heterocycles. The molecule has 5 rings (SSSR count). The van der Waals surface area contributed by atoms with E-state index >= 15 is 0 Å². The normalized spacial score (nSPS) is 18.0. The largest absolute Gasteiger partial charge is 0.310 e. The molecular weight excluding hydrogens is 358 g/mol. The molecule has 2 atom stereocenters. The quantitative estimate of drug-likeness (QED) is 0.517. The second-order valence-electron chi connectivity index (χ2n) is 7.90. The number of aromatic nitrogens is 2. The number of nitrogens with zero attached hydrogens (tertiary/aromatic N) is 2. The van der Waals surface area contributed by atoms with Gasteiger partial charge in [-0.2, -0.15) is 0 Å². The fourth-order valence-corrected chi connectivity index (χ4v) is 4.06. The molecule has 4 heteroatoms. The number of benzene rings is 2. The minimum Gasteiger partial charge on any atom is -0.310 e. The van der Waals surface area contributed by atoms with Crippen LogP contribution in [-0.4, -0.2) is 15.3 Å². The van der Waals surface area contributed by atoms with Gasteiger partial charge < -0.3 is 5.32 Å². The number of anilines is 1. The van der Waals surface area contributed by atoms with Crippen LogP contribution in [0.15, 0.2) is 72.9 Å². The van der Waals surface area contributed by atoms with E-state index < -0.39 is 0 Å². The zero-order valence-corrected chi connectivity index (χ0v) is 16.6. The fraction of sp³-hybridized carbons (Fsp3) is 0.200. The van der Waals surface area contributed by atoms with E-state index in [-0.39, 0.29) is 11.8 Å². The second-order valence-corrected chi connectivity index (χ2v) is 7.90. The molecule has 1 saturated carbocycles. The van der Waals surface area contributed by atoms with Crippen molar-refractivity contribution < 1.29 is 4.79 Å². The van der Waals surface area contributed by atoms with Crippen molar-refractivity contribution in [2.24, 2.45) is 5.92 Å². The maximum Gasteiger partial charge on any atom is 0.229 e. The van der Waals surface area contributed by atoms with Gasteiger partial charge in [0.1, 0.15) is 17.2 Å². The average molecular weight is 381 g/mol. The first kappa shape index (κ1) is 17.7. The van der Waals surface area contributed by atoms with Crippen molar-refractivity contribution in [2.75, 3.05) is 5.32 Å². The molecule has 0 saturated heterocycles. The molecule has 1 N–H and O–H groups in total. The van der Waals surface area contributed by atoms with Crippen LogP contribution in [0.4, 0.5) is 5.82 Å². The van der Waals surface area contributed by atoms with Crippen LogP contribution in [0.1, 0.15) is 29.0 Å². The Morgan fingerprint density at radius 2 is 1.79 bits per heavy atom. The number of carbonyl (C=O) groups is 1. The topological polar surface area (TPSA) is 46.4 Å². The highest BCUT2D eigenvalue weighted by Gasteiger charge is 2.44. The summed E-state index contributed by atoms with van der Waals surface area (Å²) in [6.07, 6.45) is 2.88. The van der Waals surface area contributed by atoms with Gasteiger partial charge in [-0.05, 0) is 55.0 Å². The van der Waals surface area contributed by atoms with E-state index in [1.165, 1.54) is 5.56 Å². The molecule has 2 aromatic carbocycles. The Labute approximate surface area is 170 Å². The molecule has 2 heterocycles. The van der Waals surface area contributed by atoms with E-state index in [1.54, 1.807) is 0 Å². The minimum atomic E-state index is 0.0121. The van der Waals surface area contributed by atoms with Crippen molar-refractivity contribution >= 4 is 17.4 Å². The summed E-state index contributed by atoms with van der Waals surface area (Å²) in [5, 5.41) is 3.20. The molecule has 0 unspecified atom stereocenters. The Morgan fingerprint density at radius 3 is 2.59 bits per heavy atom. The number of aryl methyl sites for hydroxylation is 2. The smallest absolute Gasteiger partial charge is 0.229 e. The second kappa shape index (κ2) is 6.89. The van der Waals surface area contributed by atoms with Gasteiger partial charge in [0.05, 0.1) is 0 Å². The highest BCUT2D eigenvalue weighted by Crippen LogP contribution is 2.48. The number of imidazole rings is 1. The van der Waals surface area contributed by atoms with Gasteiger partial charge in [-0.15, -0.1) is 0 Å². The van der Waals surface area contributed by atoms with Crippen molar-refractivity contribution in [3.8, 4) is 11.3 Å². The Kier molecular flexibility index (Phi) is 4.20. The van der Waals surface area contributed by atoms with Crippen LogP contribution in [0.5, 0.6) is 0 Å². The number of rotatable bonds is 4. The van der Waals surface area contributed by atoms with Gasteiger partial charge in [-0.1, -0.05) is 54.6 Å². The molecule has 1 aliphatic rings. The Hall–Kier alpha value is -3.40. The maximum atomic E-state index is 13.1. The Balaban J connectivity index is 1.52. The first-order valence-corrected chi connectivity index (χ1v) is 10.0. The lowest BCUT2D eigenvalue weighted by molar-refractivity contribution is -0.117. The first-order valence-electron chi connectivity index (χ1n) is 10.0. The molecule has 4 nitrogen and oxygen atoms in total. The third kappa shape index (κ3) is 3.21. The van der Waals surface area contributed by atoms with Crippen LogP contribution >= 0.6 is 0 Å². The van der Waals surface area contributed by atoms with E-state index in [0.717, 1.165) is 40.3 Å². The van der Waals surface area contributed by atoms with Crippen LogP contribution in [0.25, 0.3) is 16.9 Å². The van der Waals surface area contributed by atoms with Crippen molar-refractivity contribution in [3.05, 3.63) is 89.6 Å². The zero-order chi connectivity index (χ0) is 20.0. The lowest BCUT2D eigenvalue weighted by atomic mass is 10.1. The Bertz CT molecular complexity index is 1210. The predicted molar refractivity (Wildman–Crippen MR) is 116 cm³/mol. The van der Waals surface area contributed by atoms with Crippen LogP contribution in [-0.2, 0) is 4.79 Å². The molecule has 1 amide bonds. The molecule has 0 radical (unpaired) electrons. The number of amides is 1. The number of nitrogens with one attached hydrogen (secondary N) is 1. The maximum absolute atomic E-state index is 13.1. The van der Waals surface area contributed by atoms with E-state index in [2.05, 4.69) is 43.4 Å². The molecular formula is C25H23N3O. The van der Waals surface area contributed by atoms with Gasteiger partial charge in [0.25, 0.3) is 0 Å². The summed E-state index contributed by atoms with van der Waals surface area (Å²) in [4.78, 5) is 17.9. The number of fused-ring (bicyclic) bond motifs is 1. The molecule has 29 heavy (non-hydrogen) atoms.